The van der Waals surface area contributed by atoms with E-state index in [1.54, 1.807) is 24.8 Å². The minimum atomic E-state index is -0.543. The molecule has 0 spiro atoms. The molecule has 0 atom stereocenters. The van der Waals surface area contributed by atoms with Crippen molar-refractivity contribution in [2.24, 2.45) is 0 Å². The van der Waals surface area contributed by atoms with Crippen LogP contribution in [0.15, 0.2) is 57.5 Å². The highest BCUT2D eigenvalue weighted by Gasteiger charge is 2.13. The average molecular weight is 382 g/mol. The minimum Gasteiger partial charge on any atom is -0.450 e. The van der Waals surface area contributed by atoms with Crippen molar-refractivity contribution in [3.05, 3.63) is 64.4 Å². The molecule has 2 aromatic heterocycles. The molecule has 3 rings (SSSR count). The van der Waals surface area contributed by atoms with Crippen molar-refractivity contribution in [1.29, 1.82) is 5.26 Å². The molecule has 0 aliphatic carbocycles. The van der Waals surface area contributed by atoms with Crippen molar-refractivity contribution < 1.29 is 9.21 Å². The summed E-state index contributed by atoms with van der Waals surface area (Å²) in [5.74, 6) is 0.679. The fourth-order valence-electron chi connectivity index (χ4n) is 2.02. The Bertz CT molecular complexity index is 970. The van der Waals surface area contributed by atoms with E-state index < -0.39 is 5.91 Å². The predicted molar refractivity (Wildman–Crippen MR) is 102 cm³/mol. The van der Waals surface area contributed by atoms with Gasteiger partial charge in [0.25, 0.3) is 5.91 Å². The number of furan rings is 1. The smallest absolute Gasteiger partial charge is 0.268 e. The lowest BCUT2D eigenvalue weighted by molar-refractivity contribution is -0.112. The number of carbonyl (C=O) groups is 1. The topological polar surface area (TPSA) is 91.8 Å². The molecule has 1 aromatic carbocycles. The molecule has 3 aromatic rings. The Morgan fingerprint density at radius 3 is 2.81 bits per heavy atom. The SMILES string of the molecule is Cc1nnc(NC(=O)/C(C#N)=C\c2ccc(SCc3ccccc3)o2)s1. The van der Waals surface area contributed by atoms with Crippen LogP contribution in [0.4, 0.5) is 5.13 Å². The van der Waals surface area contributed by atoms with Gasteiger partial charge in [-0.15, -0.1) is 10.2 Å². The Morgan fingerprint density at radius 1 is 1.31 bits per heavy atom. The van der Waals surface area contributed by atoms with Gasteiger partial charge in [0.2, 0.25) is 5.13 Å². The Balaban J connectivity index is 1.65. The average Bonchev–Trinajstić information content (AvgIpc) is 3.27. The van der Waals surface area contributed by atoms with Gasteiger partial charge in [0.1, 0.15) is 22.4 Å². The summed E-state index contributed by atoms with van der Waals surface area (Å²) in [6, 6.07) is 15.5. The van der Waals surface area contributed by atoms with Crippen LogP contribution in [-0.4, -0.2) is 16.1 Å². The van der Waals surface area contributed by atoms with Gasteiger partial charge < -0.3 is 4.42 Å². The molecule has 0 fully saturated rings. The minimum absolute atomic E-state index is 0.0631. The van der Waals surface area contributed by atoms with Gasteiger partial charge in [-0.3, -0.25) is 10.1 Å². The normalized spacial score (nSPS) is 11.2. The molecule has 0 saturated carbocycles. The summed E-state index contributed by atoms with van der Waals surface area (Å²) in [5.41, 5.74) is 1.13. The molecule has 0 aliphatic heterocycles. The third-order valence-electron chi connectivity index (χ3n) is 3.22. The van der Waals surface area contributed by atoms with E-state index in [1.165, 1.54) is 23.0 Å². The summed E-state index contributed by atoms with van der Waals surface area (Å²) in [7, 11) is 0. The molecule has 26 heavy (non-hydrogen) atoms. The second-order valence-corrected chi connectivity index (χ2v) is 7.34. The van der Waals surface area contributed by atoms with Gasteiger partial charge in [-0.25, -0.2) is 0 Å². The number of rotatable bonds is 6. The first kappa shape index (κ1) is 17.9. The van der Waals surface area contributed by atoms with Gasteiger partial charge in [0.05, 0.1) is 0 Å². The van der Waals surface area contributed by atoms with Crippen molar-refractivity contribution in [3.8, 4) is 6.07 Å². The number of nitrogens with one attached hydrogen (secondary N) is 1. The molecule has 1 amide bonds. The first-order valence-corrected chi connectivity index (χ1v) is 9.44. The van der Waals surface area contributed by atoms with Gasteiger partial charge in [0.15, 0.2) is 5.09 Å². The van der Waals surface area contributed by atoms with E-state index in [2.05, 4.69) is 15.5 Å². The molecule has 0 aliphatic rings. The number of hydrogen-bond acceptors (Lipinski definition) is 7. The summed E-state index contributed by atoms with van der Waals surface area (Å²) in [6.07, 6.45) is 1.41. The van der Waals surface area contributed by atoms with Crippen LogP contribution in [0.5, 0.6) is 0 Å². The van der Waals surface area contributed by atoms with Crippen LogP contribution in [0.2, 0.25) is 0 Å². The number of aryl methyl sites for hydroxylation is 1. The molecule has 130 valence electrons. The van der Waals surface area contributed by atoms with E-state index in [1.807, 2.05) is 42.5 Å². The van der Waals surface area contributed by atoms with Crippen LogP contribution < -0.4 is 5.32 Å². The van der Waals surface area contributed by atoms with E-state index in [9.17, 15) is 10.1 Å². The Labute approximate surface area is 158 Å². The highest BCUT2D eigenvalue weighted by atomic mass is 32.2. The maximum absolute atomic E-state index is 12.2. The lowest BCUT2D eigenvalue weighted by atomic mass is 10.2. The van der Waals surface area contributed by atoms with Crippen molar-refractivity contribution in [1.82, 2.24) is 10.2 Å². The highest BCUT2D eigenvalue weighted by molar-refractivity contribution is 7.98. The summed E-state index contributed by atoms with van der Waals surface area (Å²) in [4.78, 5) is 12.2. The number of hydrogen-bond donors (Lipinski definition) is 1. The van der Waals surface area contributed by atoms with Gasteiger partial charge in [-0.1, -0.05) is 53.4 Å². The van der Waals surface area contributed by atoms with Crippen molar-refractivity contribution >= 4 is 40.2 Å². The molecule has 8 heteroatoms. The molecule has 0 bridgehead atoms. The third kappa shape index (κ3) is 4.81. The zero-order chi connectivity index (χ0) is 18.4. The van der Waals surface area contributed by atoms with Crippen LogP contribution in [0.1, 0.15) is 16.3 Å². The number of thioether (sulfide) groups is 1. The zero-order valence-corrected chi connectivity index (χ0v) is 15.4. The van der Waals surface area contributed by atoms with E-state index in [-0.39, 0.29) is 5.57 Å². The number of nitriles is 1. The van der Waals surface area contributed by atoms with E-state index in [0.29, 0.717) is 10.9 Å². The molecular formula is C18H14N4O2S2. The van der Waals surface area contributed by atoms with Crippen molar-refractivity contribution in [2.75, 3.05) is 5.32 Å². The van der Waals surface area contributed by atoms with E-state index in [0.717, 1.165) is 15.9 Å². The van der Waals surface area contributed by atoms with Crippen LogP contribution in [-0.2, 0) is 10.5 Å². The number of anilines is 1. The van der Waals surface area contributed by atoms with Crippen molar-refractivity contribution in [3.63, 3.8) is 0 Å². The number of amides is 1. The number of aromatic nitrogens is 2. The Morgan fingerprint density at radius 2 is 2.12 bits per heavy atom. The second-order valence-electron chi connectivity index (χ2n) is 5.18. The number of benzene rings is 1. The lowest BCUT2D eigenvalue weighted by Crippen LogP contribution is -2.13. The van der Waals surface area contributed by atoms with Crippen LogP contribution in [0, 0.1) is 18.3 Å². The second kappa shape index (κ2) is 8.47. The molecule has 0 unspecified atom stereocenters. The number of nitrogens with zero attached hydrogens (tertiary/aromatic N) is 3. The molecule has 0 saturated heterocycles. The summed E-state index contributed by atoms with van der Waals surface area (Å²) in [5, 5.41) is 21.2. The van der Waals surface area contributed by atoms with Gasteiger partial charge >= 0.3 is 0 Å². The van der Waals surface area contributed by atoms with Crippen LogP contribution in [0.25, 0.3) is 6.08 Å². The summed E-state index contributed by atoms with van der Waals surface area (Å²) >= 11 is 2.79. The maximum atomic E-state index is 12.2. The fourth-order valence-corrected chi connectivity index (χ4v) is 3.43. The summed E-state index contributed by atoms with van der Waals surface area (Å²) in [6.45, 7) is 1.78. The molecule has 6 nitrogen and oxygen atoms in total. The van der Waals surface area contributed by atoms with Crippen LogP contribution in [0.3, 0.4) is 0 Å². The van der Waals surface area contributed by atoms with E-state index in [4.69, 9.17) is 4.42 Å². The third-order valence-corrected chi connectivity index (χ3v) is 4.96. The molecular weight excluding hydrogens is 368 g/mol. The van der Waals surface area contributed by atoms with Gasteiger partial charge in [0, 0.05) is 11.8 Å². The fraction of sp³-hybridized carbons (Fsp3) is 0.111. The largest absolute Gasteiger partial charge is 0.450 e. The number of carbonyl (C=O) groups excluding carboxylic acids is 1. The Kier molecular flexibility index (Phi) is 5.84. The molecule has 1 N–H and O–H groups in total. The molecule has 0 radical (unpaired) electrons. The standard InChI is InChI=1S/C18H14N4O2S2/c1-12-21-22-18(26-12)20-17(23)14(10-19)9-15-7-8-16(24-15)25-11-13-5-3-2-4-6-13/h2-9H,11H2,1H3,(H,20,22,23)/b14-9-. The first-order chi connectivity index (χ1) is 12.6. The van der Waals surface area contributed by atoms with Crippen molar-refractivity contribution in [2.45, 2.75) is 17.8 Å². The maximum Gasteiger partial charge on any atom is 0.268 e. The summed E-state index contributed by atoms with van der Waals surface area (Å²) < 4.78 is 5.67. The van der Waals surface area contributed by atoms with E-state index >= 15 is 0 Å². The zero-order valence-electron chi connectivity index (χ0n) is 13.8. The quantitative estimate of drug-likeness (QED) is 0.389. The van der Waals surface area contributed by atoms with Gasteiger partial charge in [-0.2, -0.15) is 5.26 Å². The molecule has 2 heterocycles. The first-order valence-electron chi connectivity index (χ1n) is 7.64. The lowest BCUT2D eigenvalue weighted by Gasteiger charge is -1.99. The predicted octanol–water partition coefficient (Wildman–Crippen LogP) is 4.28. The van der Waals surface area contributed by atoms with Gasteiger partial charge in [-0.05, 0) is 24.6 Å². The Hall–Kier alpha value is -2.89. The monoisotopic (exact) mass is 382 g/mol. The van der Waals surface area contributed by atoms with Crippen LogP contribution >= 0.6 is 23.1 Å². The highest BCUT2D eigenvalue weighted by Crippen LogP contribution is 2.26.